The van der Waals surface area contributed by atoms with Gasteiger partial charge in [0.05, 0.1) is 15.7 Å². The van der Waals surface area contributed by atoms with Crippen LogP contribution in [0.4, 0.5) is 10.5 Å². The van der Waals surface area contributed by atoms with Gasteiger partial charge in [-0.05, 0) is 25.0 Å². The van der Waals surface area contributed by atoms with Crippen LogP contribution in [0.25, 0.3) is 0 Å². The first-order valence-electron chi connectivity index (χ1n) is 8.22. The molecule has 1 aromatic carbocycles. The first-order chi connectivity index (χ1) is 11.8. The second-order valence-electron chi connectivity index (χ2n) is 6.05. The number of anilines is 1. The van der Waals surface area contributed by atoms with E-state index < -0.39 is 17.5 Å². The number of rotatable bonds is 7. The van der Waals surface area contributed by atoms with Gasteiger partial charge in [0.15, 0.2) is 0 Å². The number of benzene rings is 1. The van der Waals surface area contributed by atoms with Crippen molar-refractivity contribution in [2.45, 2.75) is 45.1 Å². The van der Waals surface area contributed by atoms with Crippen LogP contribution in [0.2, 0.25) is 10.0 Å². The summed E-state index contributed by atoms with van der Waals surface area (Å²) in [4.78, 5) is 38.2. The lowest BCUT2D eigenvalue weighted by Crippen LogP contribution is -2.47. The number of carbonyl (C=O) groups excluding carboxylic acids is 3. The molecule has 8 heteroatoms. The fourth-order valence-electron chi connectivity index (χ4n) is 3.07. The van der Waals surface area contributed by atoms with E-state index in [0.29, 0.717) is 23.6 Å². The van der Waals surface area contributed by atoms with Crippen LogP contribution >= 0.6 is 23.2 Å². The Balaban J connectivity index is 2.11. The minimum absolute atomic E-state index is 0.209. The molecule has 1 aliphatic rings. The number of imide groups is 1. The topological polar surface area (TPSA) is 78.5 Å². The van der Waals surface area contributed by atoms with Crippen LogP contribution in [0, 0.1) is 0 Å². The van der Waals surface area contributed by atoms with Crippen molar-refractivity contribution in [3.8, 4) is 0 Å². The maximum atomic E-state index is 12.7. The van der Waals surface area contributed by atoms with E-state index in [1.165, 1.54) is 0 Å². The van der Waals surface area contributed by atoms with E-state index in [1.54, 1.807) is 18.2 Å². The van der Waals surface area contributed by atoms with Gasteiger partial charge in [-0.15, -0.1) is 0 Å². The van der Waals surface area contributed by atoms with Gasteiger partial charge in [-0.25, -0.2) is 4.79 Å². The fraction of sp³-hybridized carbons (Fsp3) is 0.471. The summed E-state index contributed by atoms with van der Waals surface area (Å²) >= 11 is 11.9. The lowest BCUT2D eigenvalue weighted by molar-refractivity contribution is -0.134. The highest BCUT2D eigenvalue weighted by Gasteiger charge is 2.50. The molecule has 4 amide bonds. The molecule has 6 nitrogen and oxygen atoms in total. The van der Waals surface area contributed by atoms with Gasteiger partial charge in [0.2, 0.25) is 5.91 Å². The zero-order valence-corrected chi connectivity index (χ0v) is 15.7. The molecule has 0 aromatic heterocycles. The summed E-state index contributed by atoms with van der Waals surface area (Å²) in [6.07, 6.45) is 2.60. The molecule has 0 atom stereocenters. The van der Waals surface area contributed by atoms with E-state index in [2.05, 4.69) is 10.6 Å². The molecule has 136 valence electrons. The van der Waals surface area contributed by atoms with Crippen LogP contribution in [0.1, 0.15) is 39.5 Å². The first-order valence-corrected chi connectivity index (χ1v) is 8.98. The van der Waals surface area contributed by atoms with Gasteiger partial charge in [0.25, 0.3) is 5.91 Å². The van der Waals surface area contributed by atoms with Gasteiger partial charge in [0.1, 0.15) is 12.1 Å². The van der Waals surface area contributed by atoms with Crippen molar-refractivity contribution in [1.29, 1.82) is 0 Å². The average Bonchev–Trinajstić information content (AvgIpc) is 2.77. The Hall–Kier alpha value is -1.79. The second-order valence-corrected chi connectivity index (χ2v) is 6.84. The smallest absolute Gasteiger partial charge is 0.323 e. The lowest BCUT2D eigenvalue weighted by Gasteiger charge is -2.25. The molecule has 1 fully saturated rings. The number of amides is 4. The van der Waals surface area contributed by atoms with Gasteiger partial charge < -0.3 is 10.6 Å². The first kappa shape index (κ1) is 19.5. The summed E-state index contributed by atoms with van der Waals surface area (Å²) in [6, 6.07) is 4.29. The predicted molar refractivity (Wildman–Crippen MR) is 97.9 cm³/mol. The summed E-state index contributed by atoms with van der Waals surface area (Å²) in [5.74, 6) is -0.870. The van der Waals surface area contributed by atoms with Crippen molar-refractivity contribution in [3.63, 3.8) is 0 Å². The third-order valence-corrected chi connectivity index (χ3v) is 4.95. The van der Waals surface area contributed by atoms with Crippen LogP contribution in [-0.2, 0) is 9.59 Å². The van der Waals surface area contributed by atoms with Gasteiger partial charge in [-0.3, -0.25) is 14.5 Å². The maximum Gasteiger partial charge on any atom is 0.325 e. The molecule has 0 radical (unpaired) electrons. The van der Waals surface area contributed by atoms with Crippen molar-refractivity contribution >= 4 is 46.7 Å². The Kier molecular flexibility index (Phi) is 6.30. The molecule has 0 saturated carbocycles. The Morgan fingerprint density at radius 1 is 1.20 bits per heavy atom. The minimum Gasteiger partial charge on any atom is -0.323 e. The quantitative estimate of drug-likeness (QED) is 0.700. The van der Waals surface area contributed by atoms with E-state index in [9.17, 15) is 14.4 Å². The standard InChI is InChI=1S/C17H21Cl2N3O3/c1-3-8-17(9-4-2)15(24)22(16(25)21-17)10-13(23)20-12-7-5-6-11(18)14(12)19/h5-7H,3-4,8-10H2,1-2H3,(H,20,23)(H,21,25). The van der Waals surface area contributed by atoms with Crippen molar-refractivity contribution < 1.29 is 14.4 Å². The zero-order chi connectivity index (χ0) is 18.6. The molecule has 1 aromatic rings. The summed E-state index contributed by atoms with van der Waals surface area (Å²) < 4.78 is 0. The van der Waals surface area contributed by atoms with Crippen LogP contribution in [0.3, 0.4) is 0 Å². The normalized spacial score (nSPS) is 16.1. The molecule has 25 heavy (non-hydrogen) atoms. The van der Waals surface area contributed by atoms with Crippen molar-refractivity contribution in [3.05, 3.63) is 28.2 Å². The van der Waals surface area contributed by atoms with Crippen molar-refractivity contribution in [1.82, 2.24) is 10.2 Å². The number of urea groups is 1. The molecular formula is C17H21Cl2N3O3. The van der Waals surface area contributed by atoms with E-state index in [0.717, 1.165) is 17.7 Å². The molecule has 0 aliphatic carbocycles. The van der Waals surface area contributed by atoms with Crippen LogP contribution in [0.5, 0.6) is 0 Å². The monoisotopic (exact) mass is 385 g/mol. The van der Waals surface area contributed by atoms with E-state index >= 15 is 0 Å². The summed E-state index contributed by atoms with van der Waals surface area (Å²) in [5.41, 5.74) is -0.575. The SMILES string of the molecule is CCCC1(CCC)NC(=O)N(CC(=O)Nc2cccc(Cl)c2Cl)C1=O. The third kappa shape index (κ3) is 4.07. The van der Waals surface area contributed by atoms with E-state index in [1.807, 2.05) is 13.8 Å². The lowest BCUT2D eigenvalue weighted by atomic mass is 9.88. The number of nitrogens with zero attached hydrogens (tertiary/aromatic N) is 1. The van der Waals surface area contributed by atoms with Crippen LogP contribution in [-0.4, -0.2) is 34.8 Å². The fourth-order valence-corrected chi connectivity index (χ4v) is 3.42. The van der Waals surface area contributed by atoms with Crippen molar-refractivity contribution in [2.24, 2.45) is 0 Å². The number of nitrogens with one attached hydrogen (secondary N) is 2. The highest BCUT2D eigenvalue weighted by Crippen LogP contribution is 2.30. The number of hydrogen-bond donors (Lipinski definition) is 2. The molecule has 1 saturated heterocycles. The molecule has 0 spiro atoms. The van der Waals surface area contributed by atoms with Crippen LogP contribution in [0.15, 0.2) is 18.2 Å². The van der Waals surface area contributed by atoms with Gasteiger partial charge in [-0.1, -0.05) is 56.0 Å². The van der Waals surface area contributed by atoms with Gasteiger partial charge in [-0.2, -0.15) is 0 Å². The molecule has 1 aliphatic heterocycles. The summed E-state index contributed by atoms with van der Waals surface area (Å²) in [5, 5.41) is 5.86. The van der Waals surface area contributed by atoms with Gasteiger partial charge in [0, 0.05) is 0 Å². The summed E-state index contributed by atoms with van der Waals surface area (Å²) in [7, 11) is 0. The molecule has 0 bridgehead atoms. The molecule has 2 rings (SSSR count). The molecular weight excluding hydrogens is 365 g/mol. The minimum atomic E-state index is -0.908. The zero-order valence-electron chi connectivity index (χ0n) is 14.2. The Morgan fingerprint density at radius 3 is 2.44 bits per heavy atom. The summed E-state index contributed by atoms with van der Waals surface area (Å²) in [6.45, 7) is 3.53. The number of hydrogen-bond acceptors (Lipinski definition) is 3. The Bertz CT molecular complexity index is 688. The third-order valence-electron chi connectivity index (χ3n) is 4.13. The molecule has 1 heterocycles. The Morgan fingerprint density at radius 2 is 1.84 bits per heavy atom. The molecule has 0 unspecified atom stereocenters. The van der Waals surface area contributed by atoms with Crippen molar-refractivity contribution in [2.75, 3.05) is 11.9 Å². The predicted octanol–water partition coefficient (Wildman–Crippen LogP) is 3.82. The Labute approximate surface area is 156 Å². The highest BCUT2D eigenvalue weighted by molar-refractivity contribution is 6.44. The largest absolute Gasteiger partial charge is 0.325 e. The van der Waals surface area contributed by atoms with Crippen LogP contribution < -0.4 is 10.6 Å². The number of carbonyl (C=O) groups is 3. The van der Waals surface area contributed by atoms with Gasteiger partial charge >= 0.3 is 6.03 Å². The maximum absolute atomic E-state index is 12.7. The average molecular weight is 386 g/mol. The second kappa shape index (κ2) is 8.06. The number of halogens is 2. The highest BCUT2D eigenvalue weighted by atomic mass is 35.5. The van der Waals surface area contributed by atoms with E-state index in [-0.39, 0.29) is 17.5 Å². The van der Waals surface area contributed by atoms with E-state index in [4.69, 9.17) is 23.2 Å². The molecule has 2 N–H and O–H groups in total.